The average molecular weight is 457 g/mol. The van der Waals surface area contributed by atoms with Gasteiger partial charge in [-0.2, -0.15) is 0 Å². The molecular formula is C24H22F3N3O3. The van der Waals surface area contributed by atoms with Crippen LogP contribution in [0.25, 0.3) is 0 Å². The van der Waals surface area contributed by atoms with Crippen LogP contribution in [0.5, 0.6) is 5.75 Å². The molecule has 1 heterocycles. The van der Waals surface area contributed by atoms with E-state index in [9.17, 15) is 18.0 Å². The van der Waals surface area contributed by atoms with E-state index in [1.807, 2.05) is 0 Å². The molecule has 0 saturated heterocycles. The van der Waals surface area contributed by atoms with Crippen molar-refractivity contribution in [2.24, 2.45) is 5.92 Å². The molecule has 1 aromatic heterocycles. The summed E-state index contributed by atoms with van der Waals surface area (Å²) < 4.78 is 52.2. The molecule has 1 N–H and O–H groups in total. The summed E-state index contributed by atoms with van der Waals surface area (Å²) in [6.07, 6.45) is 1.92. The number of methoxy groups -OCH3 is 1. The zero-order valence-electron chi connectivity index (χ0n) is 18.1. The quantitative estimate of drug-likeness (QED) is 0.545. The van der Waals surface area contributed by atoms with Crippen molar-refractivity contribution in [1.82, 2.24) is 9.97 Å². The van der Waals surface area contributed by atoms with E-state index in [-0.39, 0.29) is 18.9 Å². The minimum absolute atomic E-state index is 0.0749. The largest absolute Gasteiger partial charge is 0.489 e. The van der Waals surface area contributed by atoms with Gasteiger partial charge in [-0.05, 0) is 43.2 Å². The lowest BCUT2D eigenvalue weighted by atomic mass is 9.93. The monoisotopic (exact) mass is 457 g/mol. The van der Waals surface area contributed by atoms with Crippen LogP contribution in [0.3, 0.4) is 0 Å². The van der Waals surface area contributed by atoms with Gasteiger partial charge < -0.3 is 14.8 Å². The molecule has 0 unspecified atom stereocenters. The number of rotatable bonds is 8. The molecule has 9 heteroatoms. The second-order valence-electron chi connectivity index (χ2n) is 7.98. The number of nitrogens with zero attached hydrogens (tertiary/aromatic N) is 2. The molecule has 2 atom stereocenters. The molecule has 0 radical (unpaired) electrons. The average Bonchev–Trinajstić information content (AvgIpc) is 3.52. The first-order chi connectivity index (χ1) is 15.8. The number of ether oxygens (including phenoxy) is 2. The van der Waals surface area contributed by atoms with E-state index in [4.69, 9.17) is 9.47 Å². The molecular weight excluding hydrogens is 435 g/mol. The Kier molecular flexibility index (Phi) is 6.33. The van der Waals surface area contributed by atoms with Crippen molar-refractivity contribution < 1.29 is 27.4 Å². The minimum atomic E-state index is -0.781. The number of hydrogen-bond donors (Lipinski definition) is 1. The van der Waals surface area contributed by atoms with Crippen LogP contribution in [0.15, 0.2) is 48.7 Å². The van der Waals surface area contributed by atoms with E-state index in [2.05, 4.69) is 15.3 Å². The number of carbonyl (C=O) groups excluding carboxylic acids is 1. The smallest absolute Gasteiger partial charge is 0.228 e. The van der Waals surface area contributed by atoms with Crippen LogP contribution in [-0.2, 0) is 21.6 Å². The first-order valence-electron chi connectivity index (χ1n) is 10.3. The summed E-state index contributed by atoms with van der Waals surface area (Å²) in [6.45, 7) is 2.03. The lowest BCUT2D eigenvalue weighted by Gasteiger charge is -2.20. The Hall–Kier alpha value is -3.46. The first kappa shape index (κ1) is 22.7. The molecule has 0 bridgehead atoms. The number of anilines is 1. The summed E-state index contributed by atoms with van der Waals surface area (Å²) in [5.74, 6) is -1.93. The highest BCUT2D eigenvalue weighted by atomic mass is 19.1. The van der Waals surface area contributed by atoms with Crippen molar-refractivity contribution in [3.63, 3.8) is 0 Å². The fourth-order valence-electron chi connectivity index (χ4n) is 3.88. The van der Waals surface area contributed by atoms with Gasteiger partial charge in [-0.3, -0.25) is 4.79 Å². The van der Waals surface area contributed by atoms with Crippen LogP contribution in [-0.4, -0.2) is 29.6 Å². The summed E-state index contributed by atoms with van der Waals surface area (Å²) >= 11 is 0. The van der Waals surface area contributed by atoms with Gasteiger partial charge >= 0.3 is 0 Å². The van der Waals surface area contributed by atoms with E-state index in [0.29, 0.717) is 29.3 Å². The Morgan fingerprint density at radius 1 is 1.15 bits per heavy atom. The van der Waals surface area contributed by atoms with Gasteiger partial charge in [-0.1, -0.05) is 12.1 Å². The molecule has 0 aliphatic heterocycles. The number of amides is 1. The SMILES string of the molecule is COCc1nc(C)ncc1OC[C@@]1(c2ccc(F)cc2)C[C@H]1C(=O)Nc1cc(F)ccc1F. The maximum absolute atomic E-state index is 14.0. The highest BCUT2D eigenvalue weighted by Crippen LogP contribution is 2.55. The highest BCUT2D eigenvalue weighted by molar-refractivity contribution is 5.96. The zero-order chi connectivity index (χ0) is 23.6. The van der Waals surface area contributed by atoms with E-state index in [1.165, 1.54) is 25.4 Å². The number of benzene rings is 2. The van der Waals surface area contributed by atoms with Crippen molar-refractivity contribution in [2.75, 3.05) is 19.0 Å². The van der Waals surface area contributed by atoms with Gasteiger partial charge in [0.25, 0.3) is 0 Å². The van der Waals surface area contributed by atoms with Gasteiger partial charge in [0.2, 0.25) is 5.91 Å². The molecule has 4 rings (SSSR count). The molecule has 2 aromatic carbocycles. The molecule has 1 saturated carbocycles. The van der Waals surface area contributed by atoms with Crippen LogP contribution in [0.1, 0.15) is 23.5 Å². The van der Waals surface area contributed by atoms with Gasteiger partial charge in [0.05, 0.1) is 31.0 Å². The van der Waals surface area contributed by atoms with Crippen LogP contribution in [0.2, 0.25) is 0 Å². The molecule has 1 fully saturated rings. The van der Waals surface area contributed by atoms with Crippen molar-refractivity contribution in [3.8, 4) is 5.75 Å². The number of aryl methyl sites for hydroxylation is 1. The van der Waals surface area contributed by atoms with Crippen molar-refractivity contribution in [3.05, 3.63) is 83.2 Å². The van der Waals surface area contributed by atoms with Crippen molar-refractivity contribution in [2.45, 2.75) is 25.4 Å². The summed E-state index contributed by atoms with van der Waals surface area (Å²) in [4.78, 5) is 21.4. The van der Waals surface area contributed by atoms with Crippen LogP contribution >= 0.6 is 0 Å². The third-order valence-corrected chi connectivity index (χ3v) is 5.71. The summed E-state index contributed by atoms with van der Waals surface area (Å²) in [6, 6.07) is 8.64. The number of hydrogen-bond acceptors (Lipinski definition) is 5. The Morgan fingerprint density at radius 2 is 1.88 bits per heavy atom. The Labute approximate surface area is 188 Å². The second-order valence-corrected chi connectivity index (χ2v) is 7.98. The van der Waals surface area contributed by atoms with Gasteiger partial charge in [-0.25, -0.2) is 23.1 Å². The van der Waals surface area contributed by atoms with Crippen LogP contribution in [0.4, 0.5) is 18.9 Å². The summed E-state index contributed by atoms with van der Waals surface area (Å²) in [5, 5.41) is 2.46. The van der Waals surface area contributed by atoms with Gasteiger partial charge in [0.1, 0.15) is 29.0 Å². The van der Waals surface area contributed by atoms with Crippen LogP contribution in [0, 0.1) is 30.3 Å². The molecule has 172 valence electrons. The van der Waals surface area contributed by atoms with Crippen molar-refractivity contribution in [1.29, 1.82) is 0 Å². The number of carbonyl (C=O) groups is 1. The number of aromatic nitrogens is 2. The molecule has 1 aliphatic rings. The number of halogens is 3. The molecule has 1 amide bonds. The highest BCUT2D eigenvalue weighted by Gasteiger charge is 2.60. The number of nitrogens with one attached hydrogen (secondary N) is 1. The van der Waals surface area contributed by atoms with Crippen LogP contribution < -0.4 is 10.1 Å². The first-order valence-corrected chi connectivity index (χ1v) is 10.3. The summed E-state index contributed by atoms with van der Waals surface area (Å²) in [7, 11) is 1.54. The van der Waals surface area contributed by atoms with E-state index in [1.54, 1.807) is 19.1 Å². The Morgan fingerprint density at radius 3 is 2.61 bits per heavy atom. The van der Waals surface area contributed by atoms with E-state index >= 15 is 0 Å². The lowest BCUT2D eigenvalue weighted by Crippen LogP contribution is -2.27. The fraction of sp³-hybridized carbons (Fsp3) is 0.292. The van der Waals surface area contributed by atoms with Gasteiger partial charge in [-0.15, -0.1) is 0 Å². The zero-order valence-corrected chi connectivity index (χ0v) is 18.1. The standard InChI is InChI=1S/C24H22F3N3O3/c1-14-28-11-22(21(29-14)12-32-2)33-13-24(15-3-5-16(25)6-4-15)10-18(24)23(31)30-20-9-17(26)7-8-19(20)27/h3-9,11,18H,10,12-13H2,1-2H3,(H,30,31)/t18-,24+/m0/s1. The predicted octanol–water partition coefficient (Wildman–Crippen LogP) is 4.32. The molecule has 3 aromatic rings. The third kappa shape index (κ3) is 4.83. The normalized spacial score (nSPS) is 19.2. The van der Waals surface area contributed by atoms with E-state index in [0.717, 1.165) is 18.2 Å². The van der Waals surface area contributed by atoms with E-state index < -0.39 is 34.7 Å². The second kappa shape index (κ2) is 9.19. The van der Waals surface area contributed by atoms with Gasteiger partial charge in [0.15, 0.2) is 5.75 Å². The summed E-state index contributed by atoms with van der Waals surface area (Å²) in [5.41, 5.74) is 0.236. The Balaban J connectivity index is 1.58. The molecule has 1 aliphatic carbocycles. The molecule has 6 nitrogen and oxygen atoms in total. The maximum atomic E-state index is 14.0. The lowest BCUT2D eigenvalue weighted by molar-refractivity contribution is -0.117. The minimum Gasteiger partial charge on any atom is -0.489 e. The fourth-order valence-corrected chi connectivity index (χ4v) is 3.88. The topological polar surface area (TPSA) is 73.3 Å². The molecule has 33 heavy (non-hydrogen) atoms. The van der Waals surface area contributed by atoms with Gasteiger partial charge in [0, 0.05) is 18.6 Å². The Bertz CT molecular complexity index is 1170. The van der Waals surface area contributed by atoms with Crippen molar-refractivity contribution >= 4 is 11.6 Å². The predicted molar refractivity (Wildman–Crippen MR) is 114 cm³/mol. The third-order valence-electron chi connectivity index (χ3n) is 5.71. The molecule has 0 spiro atoms. The maximum Gasteiger partial charge on any atom is 0.228 e.